The summed E-state index contributed by atoms with van der Waals surface area (Å²) in [5.41, 5.74) is 0. The first-order valence-corrected chi connectivity index (χ1v) is 7.49. The molecule has 0 saturated carbocycles. The number of unbranched alkanes of at least 4 members (excludes halogenated alkanes) is 2. The van der Waals surface area contributed by atoms with Crippen molar-refractivity contribution in [3.05, 3.63) is 16.5 Å². The van der Waals surface area contributed by atoms with Crippen molar-refractivity contribution in [3.8, 4) is 0 Å². The molecule has 0 aromatic carbocycles. The molecule has 15 heavy (non-hydrogen) atoms. The molecule has 6 heteroatoms. The normalized spacial score (nSPS) is 11.9. The Morgan fingerprint density at radius 1 is 1.40 bits per heavy atom. The Labute approximate surface area is 99.5 Å². The van der Waals surface area contributed by atoms with E-state index in [1.165, 1.54) is 6.07 Å². The highest BCUT2D eigenvalue weighted by Crippen LogP contribution is 2.25. The van der Waals surface area contributed by atoms with Crippen molar-refractivity contribution < 1.29 is 8.42 Å². The molecule has 0 aliphatic rings. The lowest BCUT2D eigenvalue weighted by atomic mass is 10.3. The maximum absolute atomic E-state index is 11.6. The average Bonchev–Trinajstić information content (AvgIpc) is 2.60. The summed E-state index contributed by atoms with van der Waals surface area (Å²) in [6.07, 6.45) is 2.98. The monoisotopic (exact) mass is 267 g/mol. The molecular formula is C9H14ClNO2S2. The van der Waals surface area contributed by atoms with E-state index in [0.29, 0.717) is 10.9 Å². The summed E-state index contributed by atoms with van der Waals surface area (Å²) in [7, 11) is -3.34. The van der Waals surface area contributed by atoms with Gasteiger partial charge in [-0.15, -0.1) is 11.3 Å². The van der Waals surface area contributed by atoms with Crippen molar-refractivity contribution in [1.82, 2.24) is 4.72 Å². The molecule has 0 atom stereocenters. The molecule has 86 valence electrons. The fourth-order valence-corrected chi connectivity index (χ4v) is 3.70. The van der Waals surface area contributed by atoms with E-state index in [0.717, 1.165) is 30.6 Å². The van der Waals surface area contributed by atoms with Crippen LogP contribution in [0.25, 0.3) is 0 Å². The number of halogens is 1. The molecule has 3 nitrogen and oxygen atoms in total. The van der Waals surface area contributed by atoms with Crippen molar-refractivity contribution in [1.29, 1.82) is 0 Å². The van der Waals surface area contributed by atoms with E-state index in [4.69, 9.17) is 11.6 Å². The van der Waals surface area contributed by atoms with Crippen molar-refractivity contribution in [2.45, 2.75) is 30.4 Å². The largest absolute Gasteiger partial charge is 0.250 e. The van der Waals surface area contributed by atoms with Gasteiger partial charge < -0.3 is 0 Å². The van der Waals surface area contributed by atoms with Gasteiger partial charge in [0.25, 0.3) is 0 Å². The first kappa shape index (κ1) is 13.0. The Bertz CT molecular complexity index is 400. The Morgan fingerprint density at radius 2 is 2.13 bits per heavy atom. The fraction of sp³-hybridized carbons (Fsp3) is 0.556. The summed E-state index contributed by atoms with van der Waals surface area (Å²) in [6.45, 7) is 2.57. The zero-order valence-corrected chi connectivity index (χ0v) is 10.9. The van der Waals surface area contributed by atoms with Crippen LogP contribution in [0.4, 0.5) is 0 Å². The lowest BCUT2D eigenvalue weighted by Crippen LogP contribution is -2.23. The van der Waals surface area contributed by atoms with Crippen LogP contribution in [0.5, 0.6) is 0 Å². The summed E-state index contributed by atoms with van der Waals surface area (Å²) >= 11 is 6.75. The van der Waals surface area contributed by atoms with E-state index >= 15 is 0 Å². The van der Waals surface area contributed by atoms with E-state index in [1.54, 1.807) is 6.07 Å². The van der Waals surface area contributed by atoms with E-state index < -0.39 is 10.0 Å². The molecule has 1 aromatic rings. The molecule has 0 radical (unpaired) electrons. The quantitative estimate of drug-likeness (QED) is 0.806. The van der Waals surface area contributed by atoms with Gasteiger partial charge in [-0.3, -0.25) is 0 Å². The predicted octanol–water partition coefficient (Wildman–Crippen LogP) is 2.87. The van der Waals surface area contributed by atoms with Gasteiger partial charge in [0.05, 0.1) is 4.34 Å². The van der Waals surface area contributed by atoms with Crippen LogP contribution in [0.1, 0.15) is 26.2 Å². The molecule has 1 rings (SSSR count). The van der Waals surface area contributed by atoms with Crippen LogP contribution < -0.4 is 4.72 Å². The first-order valence-electron chi connectivity index (χ1n) is 4.81. The number of thiophene rings is 1. The van der Waals surface area contributed by atoms with E-state index in [9.17, 15) is 8.42 Å². The van der Waals surface area contributed by atoms with Gasteiger partial charge in [0.1, 0.15) is 4.21 Å². The molecule has 1 N–H and O–H groups in total. The van der Waals surface area contributed by atoms with Gasteiger partial charge in [0, 0.05) is 6.54 Å². The third kappa shape index (κ3) is 4.10. The van der Waals surface area contributed by atoms with Crippen LogP contribution in [-0.4, -0.2) is 15.0 Å². The van der Waals surface area contributed by atoms with E-state index in [1.807, 2.05) is 0 Å². The molecule has 0 unspecified atom stereocenters. The summed E-state index contributed by atoms with van der Waals surface area (Å²) in [4.78, 5) is 0. The van der Waals surface area contributed by atoms with Crippen LogP contribution in [0.15, 0.2) is 16.3 Å². The maximum Gasteiger partial charge on any atom is 0.250 e. The number of hydrogen-bond acceptors (Lipinski definition) is 3. The highest BCUT2D eigenvalue weighted by Gasteiger charge is 2.15. The molecule has 0 bridgehead atoms. The first-order chi connectivity index (χ1) is 7.06. The average molecular weight is 268 g/mol. The highest BCUT2D eigenvalue weighted by atomic mass is 35.5. The zero-order chi connectivity index (χ0) is 11.3. The zero-order valence-electron chi connectivity index (χ0n) is 8.49. The molecule has 1 aromatic heterocycles. The summed E-state index contributed by atoms with van der Waals surface area (Å²) in [5.74, 6) is 0. The third-order valence-corrected chi connectivity index (χ3v) is 5.07. The highest BCUT2D eigenvalue weighted by molar-refractivity contribution is 7.91. The lowest BCUT2D eigenvalue weighted by molar-refractivity contribution is 0.578. The van der Waals surface area contributed by atoms with Crippen LogP contribution in [-0.2, 0) is 10.0 Å². The van der Waals surface area contributed by atoms with Gasteiger partial charge in [0.2, 0.25) is 10.0 Å². The van der Waals surface area contributed by atoms with Gasteiger partial charge >= 0.3 is 0 Å². The fourth-order valence-electron chi connectivity index (χ4n) is 1.09. The SMILES string of the molecule is CCCCCNS(=O)(=O)c1ccc(Cl)s1. The van der Waals surface area contributed by atoms with E-state index in [-0.39, 0.29) is 4.21 Å². The van der Waals surface area contributed by atoms with Crippen LogP contribution in [0, 0.1) is 0 Å². The molecule has 0 aliphatic carbocycles. The van der Waals surface area contributed by atoms with Crippen LogP contribution >= 0.6 is 22.9 Å². The standard InChI is InChI=1S/C9H14ClNO2S2/c1-2-3-4-7-11-15(12,13)9-6-5-8(10)14-9/h5-6,11H,2-4,7H2,1H3. The summed E-state index contributed by atoms with van der Waals surface area (Å²) < 4.78 is 26.6. The summed E-state index contributed by atoms with van der Waals surface area (Å²) in [5, 5.41) is 0. The smallest absolute Gasteiger partial charge is 0.210 e. The second-order valence-electron chi connectivity index (χ2n) is 3.16. The van der Waals surface area contributed by atoms with Gasteiger partial charge in [-0.05, 0) is 18.6 Å². The van der Waals surface area contributed by atoms with Crippen LogP contribution in [0.2, 0.25) is 4.34 Å². The Morgan fingerprint density at radius 3 is 2.67 bits per heavy atom. The van der Waals surface area contributed by atoms with Gasteiger partial charge in [-0.25, -0.2) is 13.1 Å². The minimum atomic E-state index is -3.34. The Kier molecular flexibility index (Phi) is 5.05. The van der Waals surface area contributed by atoms with Gasteiger partial charge in [-0.2, -0.15) is 0 Å². The summed E-state index contributed by atoms with van der Waals surface area (Å²) in [6, 6.07) is 3.11. The maximum atomic E-state index is 11.6. The molecule has 0 spiro atoms. The van der Waals surface area contributed by atoms with Crippen molar-refractivity contribution >= 4 is 33.0 Å². The van der Waals surface area contributed by atoms with Crippen molar-refractivity contribution in [2.24, 2.45) is 0 Å². The number of nitrogens with one attached hydrogen (secondary N) is 1. The second kappa shape index (κ2) is 5.84. The predicted molar refractivity (Wildman–Crippen MR) is 64.0 cm³/mol. The topological polar surface area (TPSA) is 46.2 Å². The van der Waals surface area contributed by atoms with Gasteiger partial charge in [0.15, 0.2) is 0 Å². The van der Waals surface area contributed by atoms with Crippen molar-refractivity contribution in [3.63, 3.8) is 0 Å². The number of sulfonamides is 1. The van der Waals surface area contributed by atoms with Crippen LogP contribution in [0.3, 0.4) is 0 Å². The lowest BCUT2D eigenvalue weighted by Gasteiger charge is -2.03. The molecular weight excluding hydrogens is 254 g/mol. The minimum absolute atomic E-state index is 0.281. The molecule has 1 heterocycles. The molecule has 0 saturated heterocycles. The molecule has 0 fully saturated rings. The number of rotatable bonds is 6. The Hall–Kier alpha value is -0.100. The second-order valence-corrected chi connectivity index (χ2v) is 6.87. The molecule has 0 aliphatic heterocycles. The Balaban J connectivity index is 2.53. The third-order valence-electron chi connectivity index (χ3n) is 1.89. The van der Waals surface area contributed by atoms with E-state index in [2.05, 4.69) is 11.6 Å². The van der Waals surface area contributed by atoms with Crippen molar-refractivity contribution in [2.75, 3.05) is 6.54 Å². The molecule has 0 amide bonds. The minimum Gasteiger partial charge on any atom is -0.210 e. The van der Waals surface area contributed by atoms with Gasteiger partial charge in [-0.1, -0.05) is 31.4 Å². The number of hydrogen-bond donors (Lipinski definition) is 1.